The number of aromatic nitrogens is 2. The Morgan fingerprint density at radius 3 is 2.94 bits per heavy atom. The van der Waals surface area contributed by atoms with E-state index in [2.05, 4.69) is 4.98 Å². The predicted octanol–water partition coefficient (Wildman–Crippen LogP) is 1.85. The minimum Gasteiger partial charge on any atom is -0.358 e. The first kappa shape index (κ1) is 11.7. The normalized spacial score (nSPS) is 10.0. The molecule has 1 aromatic heterocycles. The van der Waals surface area contributed by atoms with Crippen LogP contribution in [-0.4, -0.2) is 14.5 Å². The number of hydrogen-bond acceptors (Lipinski definition) is 4. The molecule has 0 unspecified atom stereocenters. The van der Waals surface area contributed by atoms with Crippen LogP contribution in [0.4, 0.5) is 10.2 Å². The molecule has 0 atom stereocenters. The van der Waals surface area contributed by atoms with Gasteiger partial charge in [0.2, 0.25) is 6.33 Å². The number of nitriles is 1. The number of halogens is 1. The molecular weight excluding hydrogens is 239 g/mol. The topological polar surface area (TPSA) is 84.8 Å². The van der Waals surface area contributed by atoms with Crippen LogP contribution in [0.5, 0.6) is 0 Å². The van der Waals surface area contributed by atoms with Gasteiger partial charge in [-0.05, 0) is 33.7 Å². The summed E-state index contributed by atoms with van der Waals surface area (Å²) < 4.78 is 14.5. The number of rotatable bonds is 3. The number of nitro groups is 1. The smallest absolute Gasteiger partial charge is 0.358 e. The van der Waals surface area contributed by atoms with Gasteiger partial charge in [-0.3, -0.25) is 0 Å². The monoisotopic (exact) mass is 246 g/mol. The van der Waals surface area contributed by atoms with Crippen LogP contribution in [-0.2, 0) is 6.54 Å². The highest BCUT2D eigenvalue weighted by atomic mass is 19.1. The lowest BCUT2D eigenvalue weighted by molar-refractivity contribution is -0.389. The van der Waals surface area contributed by atoms with E-state index in [4.69, 9.17) is 5.26 Å². The van der Waals surface area contributed by atoms with Gasteiger partial charge in [0.25, 0.3) is 0 Å². The summed E-state index contributed by atoms with van der Waals surface area (Å²) in [5.74, 6) is -0.747. The molecule has 0 fully saturated rings. The third-order valence-corrected chi connectivity index (χ3v) is 2.35. The summed E-state index contributed by atoms with van der Waals surface area (Å²) in [5.41, 5.74) is 0.776. The van der Waals surface area contributed by atoms with E-state index < -0.39 is 10.7 Å². The molecule has 0 amide bonds. The van der Waals surface area contributed by atoms with Crippen molar-refractivity contribution in [2.45, 2.75) is 6.54 Å². The van der Waals surface area contributed by atoms with Crippen molar-refractivity contribution in [1.29, 1.82) is 5.26 Å². The molecule has 2 rings (SSSR count). The van der Waals surface area contributed by atoms with Crippen LogP contribution in [0.3, 0.4) is 0 Å². The first-order valence-corrected chi connectivity index (χ1v) is 4.95. The van der Waals surface area contributed by atoms with Crippen LogP contribution in [0, 0.1) is 27.3 Å². The number of imidazole rings is 1. The number of benzene rings is 1. The summed E-state index contributed by atoms with van der Waals surface area (Å²) in [6.45, 7) is 0.154. The van der Waals surface area contributed by atoms with E-state index in [9.17, 15) is 14.5 Å². The van der Waals surface area contributed by atoms with Gasteiger partial charge in [0.1, 0.15) is 12.0 Å². The Balaban J connectivity index is 2.30. The summed E-state index contributed by atoms with van der Waals surface area (Å²) in [6.07, 6.45) is 2.50. The highest BCUT2D eigenvalue weighted by molar-refractivity contribution is 5.38. The van der Waals surface area contributed by atoms with Crippen LogP contribution in [0.25, 0.3) is 0 Å². The number of nitrogens with zero attached hydrogens (tertiary/aromatic N) is 4. The third kappa shape index (κ3) is 2.32. The van der Waals surface area contributed by atoms with Gasteiger partial charge in [-0.15, -0.1) is 0 Å². The molecule has 2 aromatic rings. The quantitative estimate of drug-likeness (QED) is 0.611. The molecule has 7 heteroatoms. The van der Waals surface area contributed by atoms with Crippen molar-refractivity contribution in [2.75, 3.05) is 0 Å². The zero-order chi connectivity index (χ0) is 13.1. The van der Waals surface area contributed by atoms with E-state index in [1.807, 2.05) is 6.07 Å². The van der Waals surface area contributed by atoms with Gasteiger partial charge in [-0.1, -0.05) is 0 Å². The largest absolute Gasteiger partial charge is 0.381 e. The van der Waals surface area contributed by atoms with Gasteiger partial charge in [0.05, 0.1) is 18.2 Å². The van der Waals surface area contributed by atoms with E-state index in [1.165, 1.54) is 35.3 Å². The fourth-order valence-corrected chi connectivity index (χ4v) is 1.53. The van der Waals surface area contributed by atoms with Crippen molar-refractivity contribution in [1.82, 2.24) is 9.55 Å². The highest BCUT2D eigenvalue weighted by Gasteiger charge is 2.11. The second kappa shape index (κ2) is 4.63. The molecule has 0 aliphatic rings. The molecule has 90 valence electrons. The van der Waals surface area contributed by atoms with Crippen LogP contribution in [0.15, 0.2) is 30.7 Å². The summed E-state index contributed by atoms with van der Waals surface area (Å²) in [6, 6.07) is 5.73. The maximum absolute atomic E-state index is 13.1. The Labute approximate surface area is 101 Å². The lowest BCUT2D eigenvalue weighted by Gasteiger charge is -2.03. The Hall–Kier alpha value is -2.75. The Kier molecular flexibility index (Phi) is 3.02. The second-order valence-electron chi connectivity index (χ2n) is 3.57. The second-order valence-corrected chi connectivity index (χ2v) is 3.57. The maximum atomic E-state index is 13.1. The zero-order valence-electron chi connectivity index (χ0n) is 9.08. The van der Waals surface area contributed by atoms with Crippen molar-refractivity contribution < 1.29 is 9.31 Å². The average Bonchev–Trinajstić information content (AvgIpc) is 2.78. The third-order valence-electron chi connectivity index (χ3n) is 2.35. The van der Waals surface area contributed by atoms with Gasteiger partial charge in [0, 0.05) is 0 Å². The van der Waals surface area contributed by atoms with Gasteiger partial charge in [0.15, 0.2) is 0 Å². The lowest BCUT2D eigenvalue weighted by atomic mass is 10.1. The Morgan fingerprint density at radius 2 is 2.33 bits per heavy atom. The summed E-state index contributed by atoms with van der Waals surface area (Å²) in [4.78, 5) is 13.4. The average molecular weight is 246 g/mol. The zero-order valence-corrected chi connectivity index (χ0v) is 9.08. The molecule has 0 saturated heterocycles. The van der Waals surface area contributed by atoms with Gasteiger partial charge in [-0.25, -0.2) is 4.39 Å². The fraction of sp³-hybridized carbons (Fsp3) is 0.0909. The molecule has 6 nitrogen and oxygen atoms in total. The summed E-state index contributed by atoms with van der Waals surface area (Å²) >= 11 is 0. The molecule has 0 aliphatic heterocycles. The molecule has 0 spiro atoms. The molecule has 0 bridgehead atoms. The first-order valence-electron chi connectivity index (χ1n) is 4.95. The number of hydrogen-bond donors (Lipinski definition) is 0. The standard InChI is InChI=1S/C11H7FN4O2/c12-10-2-1-8(4-13)9(3-10)5-15-6-11(14-7-15)16(17)18/h1-3,6-7H,5H2. The van der Waals surface area contributed by atoms with E-state index >= 15 is 0 Å². The fourth-order valence-electron chi connectivity index (χ4n) is 1.53. The summed E-state index contributed by atoms with van der Waals surface area (Å²) in [5, 5.41) is 19.3. The van der Waals surface area contributed by atoms with Crippen molar-refractivity contribution in [3.63, 3.8) is 0 Å². The van der Waals surface area contributed by atoms with Crippen LogP contribution >= 0.6 is 0 Å². The minimum absolute atomic E-state index is 0.154. The lowest BCUT2D eigenvalue weighted by Crippen LogP contribution is -2.00. The molecule has 0 aliphatic carbocycles. The van der Waals surface area contributed by atoms with Gasteiger partial charge >= 0.3 is 5.82 Å². The van der Waals surface area contributed by atoms with E-state index in [0.717, 1.165) is 0 Å². The van der Waals surface area contributed by atoms with E-state index in [1.54, 1.807) is 0 Å². The Bertz CT molecular complexity index is 645. The molecule has 0 radical (unpaired) electrons. The van der Waals surface area contributed by atoms with Crippen LogP contribution < -0.4 is 0 Å². The maximum Gasteiger partial charge on any atom is 0.381 e. The highest BCUT2D eigenvalue weighted by Crippen LogP contribution is 2.14. The minimum atomic E-state index is -0.618. The Morgan fingerprint density at radius 1 is 1.56 bits per heavy atom. The first-order chi connectivity index (χ1) is 8.60. The molecule has 0 N–H and O–H groups in total. The summed E-state index contributed by atoms with van der Waals surface area (Å²) in [7, 11) is 0. The van der Waals surface area contributed by atoms with Crippen molar-refractivity contribution in [3.8, 4) is 6.07 Å². The molecule has 0 saturated carbocycles. The van der Waals surface area contributed by atoms with Gasteiger partial charge in [-0.2, -0.15) is 5.26 Å². The van der Waals surface area contributed by atoms with E-state index in [-0.39, 0.29) is 12.4 Å². The van der Waals surface area contributed by atoms with Gasteiger partial charge < -0.3 is 14.7 Å². The van der Waals surface area contributed by atoms with Crippen molar-refractivity contribution in [3.05, 3.63) is 57.8 Å². The predicted molar refractivity (Wildman–Crippen MR) is 59.1 cm³/mol. The van der Waals surface area contributed by atoms with E-state index in [0.29, 0.717) is 11.1 Å². The SMILES string of the molecule is N#Cc1ccc(F)cc1Cn1cnc([N+](=O)[O-])c1. The molecule has 1 heterocycles. The molecule has 18 heavy (non-hydrogen) atoms. The van der Waals surface area contributed by atoms with Crippen LogP contribution in [0.1, 0.15) is 11.1 Å². The van der Waals surface area contributed by atoms with Crippen LogP contribution in [0.2, 0.25) is 0 Å². The molecule has 1 aromatic carbocycles. The van der Waals surface area contributed by atoms with Crippen molar-refractivity contribution in [2.24, 2.45) is 0 Å². The van der Waals surface area contributed by atoms with Crippen molar-refractivity contribution >= 4 is 5.82 Å². The molecular formula is C11H7FN4O2.